The number of nitrogens with one attached hydrogen (secondary N) is 3. The molecule has 1 aromatic carbocycles. The van der Waals surface area contributed by atoms with E-state index in [1.807, 2.05) is 30.2 Å². The Labute approximate surface area is 170 Å². The number of hydrogen-bond donors (Lipinski definition) is 3. The molecule has 0 aliphatic carbocycles. The van der Waals surface area contributed by atoms with Gasteiger partial charge in [-0.25, -0.2) is 13.3 Å². The second kappa shape index (κ2) is 7.49. The molecule has 0 amide bonds. The number of sulfone groups is 1. The molecule has 0 radical (unpaired) electrons. The average molecular weight is 414 g/mol. The lowest BCUT2D eigenvalue weighted by Crippen LogP contribution is -3.10. The number of nitrogens with zero attached hydrogens (tertiary/aromatic N) is 3. The van der Waals surface area contributed by atoms with E-state index < -0.39 is 9.84 Å². The van der Waals surface area contributed by atoms with Gasteiger partial charge in [0, 0.05) is 17.4 Å². The highest BCUT2D eigenvalue weighted by Gasteiger charge is 2.34. The number of H-pyrrole nitrogens is 1. The minimum atomic E-state index is -3.27. The van der Waals surface area contributed by atoms with Crippen molar-refractivity contribution in [3.05, 3.63) is 59.9 Å². The number of aliphatic imine (C=N–C) groups is 1. The molecular weight excluding hydrogens is 388 g/mol. The van der Waals surface area contributed by atoms with Crippen LogP contribution in [0.2, 0.25) is 0 Å². The summed E-state index contributed by atoms with van der Waals surface area (Å²) < 4.78 is 24.6. The summed E-state index contributed by atoms with van der Waals surface area (Å²) in [4.78, 5) is 8.16. The van der Waals surface area contributed by atoms with Gasteiger partial charge in [-0.05, 0) is 31.5 Å². The molecule has 4 rings (SSSR count). The third-order valence-electron chi connectivity index (χ3n) is 5.01. The monoisotopic (exact) mass is 413 g/mol. The summed E-state index contributed by atoms with van der Waals surface area (Å²) >= 11 is 0. The van der Waals surface area contributed by atoms with Crippen molar-refractivity contribution in [2.45, 2.75) is 32.1 Å². The van der Waals surface area contributed by atoms with Crippen molar-refractivity contribution in [3.8, 4) is 0 Å². The lowest BCUT2D eigenvalue weighted by atomic mass is 10.2. The standard InChI is InChI=1S/C20H24N6O2S/c1-4-15-11-26-19(21-15)12-25(13-20(26)22-18-9-14(3)23-24-18)16-7-6-8-17(10-16)29(27,28)5-2/h6-11,13H,4-5,12H2,1-3H3,(H2,22,23,24)/p+1. The molecule has 152 valence electrons. The maximum atomic E-state index is 12.3. The van der Waals surface area contributed by atoms with E-state index in [9.17, 15) is 8.42 Å². The molecule has 3 heterocycles. The van der Waals surface area contributed by atoms with Gasteiger partial charge in [0.15, 0.2) is 15.7 Å². The Morgan fingerprint density at radius 2 is 2.10 bits per heavy atom. The van der Waals surface area contributed by atoms with E-state index in [0.29, 0.717) is 11.4 Å². The van der Waals surface area contributed by atoms with Crippen molar-refractivity contribution in [2.24, 2.45) is 4.99 Å². The van der Waals surface area contributed by atoms with Crippen molar-refractivity contribution in [1.82, 2.24) is 10.2 Å². The van der Waals surface area contributed by atoms with Crippen molar-refractivity contribution in [3.63, 3.8) is 0 Å². The third-order valence-corrected chi connectivity index (χ3v) is 6.75. The van der Waals surface area contributed by atoms with Gasteiger partial charge >= 0.3 is 0 Å². The van der Waals surface area contributed by atoms with E-state index in [-0.39, 0.29) is 5.75 Å². The first-order valence-corrected chi connectivity index (χ1v) is 11.3. The van der Waals surface area contributed by atoms with Crippen LogP contribution in [0.1, 0.15) is 26.0 Å². The number of fused-ring (bicyclic) bond motifs is 1. The first-order valence-electron chi connectivity index (χ1n) is 9.65. The molecule has 8 nitrogen and oxygen atoms in total. The van der Waals surface area contributed by atoms with Crippen LogP contribution in [-0.4, -0.2) is 36.7 Å². The molecule has 1 unspecified atom stereocenters. The zero-order valence-corrected chi connectivity index (χ0v) is 17.5. The molecule has 0 spiro atoms. The molecule has 0 bridgehead atoms. The number of aromatic nitrogens is 2. The quantitative estimate of drug-likeness (QED) is 0.671. The van der Waals surface area contributed by atoms with Crippen molar-refractivity contribution >= 4 is 27.2 Å². The van der Waals surface area contributed by atoms with Gasteiger partial charge in [0.1, 0.15) is 12.7 Å². The van der Waals surface area contributed by atoms with Crippen LogP contribution in [0.4, 0.5) is 11.5 Å². The summed E-state index contributed by atoms with van der Waals surface area (Å²) in [7, 11) is -3.27. The van der Waals surface area contributed by atoms with Crippen molar-refractivity contribution in [1.29, 1.82) is 0 Å². The maximum absolute atomic E-state index is 12.3. The van der Waals surface area contributed by atoms with Gasteiger partial charge in [0.25, 0.3) is 0 Å². The summed E-state index contributed by atoms with van der Waals surface area (Å²) in [5.74, 6) is 2.64. The predicted octanol–water partition coefficient (Wildman–Crippen LogP) is 1.79. The fraction of sp³-hybridized carbons (Fsp3) is 0.300. The van der Waals surface area contributed by atoms with Crippen molar-refractivity contribution < 1.29 is 13.3 Å². The van der Waals surface area contributed by atoms with Gasteiger partial charge in [-0.2, -0.15) is 10.1 Å². The Morgan fingerprint density at radius 1 is 1.28 bits per heavy atom. The van der Waals surface area contributed by atoms with Crippen LogP contribution in [0.15, 0.2) is 64.1 Å². The summed E-state index contributed by atoms with van der Waals surface area (Å²) in [5.41, 5.74) is 2.81. The number of rotatable bonds is 6. The Balaban J connectivity index is 1.72. The zero-order valence-electron chi connectivity index (χ0n) is 16.7. The number of amidine groups is 1. The number of anilines is 2. The molecule has 2 aliphatic rings. The van der Waals surface area contributed by atoms with Gasteiger partial charge in [-0.15, -0.1) is 0 Å². The first kappa shape index (κ1) is 19.4. The van der Waals surface area contributed by atoms with Gasteiger partial charge in [-0.3, -0.25) is 10.4 Å². The Hall–Kier alpha value is -2.91. The molecule has 0 fully saturated rings. The third kappa shape index (κ3) is 3.83. The molecule has 1 atom stereocenters. The van der Waals surface area contributed by atoms with E-state index in [2.05, 4.69) is 28.6 Å². The highest BCUT2D eigenvalue weighted by atomic mass is 32.2. The van der Waals surface area contributed by atoms with Gasteiger partial charge < -0.3 is 4.90 Å². The number of quaternary nitrogens is 1. The van der Waals surface area contributed by atoms with Crippen molar-refractivity contribution in [2.75, 3.05) is 22.5 Å². The van der Waals surface area contributed by atoms with E-state index >= 15 is 0 Å². The van der Waals surface area contributed by atoms with Crippen LogP contribution in [0.5, 0.6) is 0 Å². The number of hydrogen-bond acceptors (Lipinski definition) is 6. The van der Waals surface area contributed by atoms with Gasteiger partial charge in [-0.1, -0.05) is 19.9 Å². The topological polar surface area (TPSA) is 94.9 Å². The molecule has 3 N–H and O–H groups in total. The molecule has 29 heavy (non-hydrogen) atoms. The molecule has 9 heteroatoms. The highest BCUT2D eigenvalue weighted by Crippen LogP contribution is 2.23. The largest absolute Gasteiger partial charge is 0.329 e. The second-order valence-corrected chi connectivity index (χ2v) is 9.37. The minimum Gasteiger partial charge on any atom is -0.329 e. The fourth-order valence-corrected chi connectivity index (χ4v) is 4.31. The van der Waals surface area contributed by atoms with Crippen LogP contribution >= 0.6 is 0 Å². The lowest BCUT2D eigenvalue weighted by molar-refractivity contribution is -0.698. The van der Waals surface area contributed by atoms with Gasteiger partial charge in [0.05, 0.1) is 22.5 Å². The molecular formula is C20H25N6O2S+. The predicted molar refractivity (Wildman–Crippen MR) is 113 cm³/mol. The maximum Gasteiger partial charge on any atom is 0.232 e. The highest BCUT2D eigenvalue weighted by molar-refractivity contribution is 7.91. The van der Waals surface area contributed by atoms with Crippen LogP contribution in [0.25, 0.3) is 0 Å². The molecule has 2 aromatic rings. The summed E-state index contributed by atoms with van der Waals surface area (Å²) in [6.45, 7) is 6.27. The zero-order chi connectivity index (χ0) is 20.6. The average Bonchev–Trinajstić information content (AvgIpc) is 3.33. The number of benzene rings is 1. The Morgan fingerprint density at radius 3 is 2.79 bits per heavy atom. The van der Waals surface area contributed by atoms with E-state index in [1.165, 1.54) is 0 Å². The Bertz CT molecular complexity index is 1130. The van der Waals surface area contributed by atoms with Crippen LogP contribution in [0, 0.1) is 6.92 Å². The van der Waals surface area contributed by atoms with Gasteiger partial charge in [0.2, 0.25) is 11.7 Å². The lowest BCUT2D eigenvalue weighted by Gasteiger charge is -2.29. The first-order chi connectivity index (χ1) is 13.9. The molecule has 2 aliphatic heterocycles. The molecule has 1 aromatic heterocycles. The summed E-state index contributed by atoms with van der Waals surface area (Å²) in [6.07, 6.45) is 4.94. The Kier molecular flexibility index (Phi) is 5.01. The second-order valence-electron chi connectivity index (χ2n) is 7.09. The SMILES string of the molecule is CCC1=C[NH+]2C(Nc3cc(C)[nH]n3)=CN(c3cccc(S(=O)(=O)CC)c3)CC2=N1. The van der Waals surface area contributed by atoms with E-state index in [1.54, 1.807) is 25.1 Å². The van der Waals surface area contributed by atoms with E-state index in [0.717, 1.165) is 45.9 Å². The van der Waals surface area contributed by atoms with Crippen LogP contribution in [0.3, 0.4) is 0 Å². The summed E-state index contributed by atoms with van der Waals surface area (Å²) in [5, 5.41) is 10.6. The number of aryl methyl sites for hydroxylation is 1. The summed E-state index contributed by atoms with van der Waals surface area (Å²) in [6, 6.07) is 8.99. The smallest absolute Gasteiger partial charge is 0.232 e. The van der Waals surface area contributed by atoms with Crippen LogP contribution < -0.4 is 15.1 Å². The number of allylic oxidation sites excluding steroid dienone is 1. The molecule has 0 saturated carbocycles. The molecule has 0 saturated heterocycles. The number of aromatic amines is 1. The van der Waals surface area contributed by atoms with Crippen LogP contribution in [-0.2, 0) is 9.84 Å². The fourth-order valence-electron chi connectivity index (χ4n) is 3.39. The van der Waals surface area contributed by atoms with E-state index in [4.69, 9.17) is 4.99 Å². The minimum absolute atomic E-state index is 0.0754. The normalized spacial score (nSPS) is 18.8.